The summed E-state index contributed by atoms with van der Waals surface area (Å²) in [5, 5.41) is 0.345. The van der Waals surface area contributed by atoms with Gasteiger partial charge in [-0.1, -0.05) is 29.3 Å². The number of amides is 1. The van der Waals surface area contributed by atoms with Gasteiger partial charge in [0.25, 0.3) is 5.91 Å². The number of carbonyl (C=O) groups excluding carboxylic acids is 1. The van der Waals surface area contributed by atoms with Crippen LogP contribution in [0.3, 0.4) is 0 Å². The van der Waals surface area contributed by atoms with Gasteiger partial charge in [-0.25, -0.2) is 8.42 Å². The maximum atomic E-state index is 12.9. The molecule has 0 atom stereocenters. The van der Waals surface area contributed by atoms with E-state index < -0.39 is 22.5 Å². The number of carbonyl (C=O) groups is 1. The number of hydrogen-bond acceptors (Lipinski definition) is 5. The summed E-state index contributed by atoms with van der Waals surface area (Å²) in [6, 6.07) is 8.24. The third-order valence-corrected chi connectivity index (χ3v) is 7.32. The van der Waals surface area contributed by atoms with Crippen molar-refractivity contribution >= 4 is 39.1 Å². The molecule has 0 N–H and O–H groups in total. The van der Waals surface area contributed by atoms with Crippen LogP contribution in [0.2, 0.25) is 10.0 Å². The highest BCUT2D eigenvalue weighted by Gasteiger charge is 2.32. The topological polar surface area (TPSA) is 76.2 Å². The van der Waals surface area contributed by atoms with E-state index in [4.69, 9.17) is 27.9 Å². The molecule has 1 amide bonds. The Bertz CT molecular complexity index is 1080. The second-order valence-electron chi connectivity index (χ2n) is 6.49. The Labute approximate surface area is 188 Å². The second-order valence-corrected chi connectivity index (χ2v) is 9.24. The zero-order valence-electron chi connectivity index (χ0n) is 16.2. The molecule has 0 spiro atoms. The molecule has 31 heavy (non-hydrogen) atoms. The van der Waals surface area contributed by atoms with Gasteiger partial charge >= 0.3 is 6.61 Å². The van der Waals surface area contributed by atoms with Gasteiger partial charge in [-0.3, -0.25) is 4.79 Å². The number of ether oxygens (including phenoxy) is 2. The minimum atomic E-state index is -3.84. The van der Waals surface area contributed by atoms with Crippen LogP contribution < -0.4 is 9.47 Å². The SMILES string of the molecule is COc1cccc(C(=O)N2CCN(S(=O)(=O)c3ccc(Cl)c(Cl)c3)CC2)c1OC(F)F. The highest BCUT2D eigenvalue weighted by Crippen LogP contribution is 2.34. The Morgan fingerprint density at radius 1 is 1.06 bits per heavy atom. The molecule has 168 valence electrons. The first kappa shape index (κ1) is 23.5. The van der Waals surface area contributed by atoms with Crippen molar-refractivity contribution in [1.29, 1.82) is 0 Å². The number of nitrogens with zero attached hydrogens (tertiary/aromatic N) is 2. The van der Waals surface area contributed by atoms with Gasteiger partial charge in [0, 0.05) is 26.2 Å². The molecule has 1 saturated heterocycles. The lowest BCUT2D eigenvalue weighted by atomic mass is 10.1. The van der Waals surface area contributed by atoms with Crippen molar-refractivity contribution in [1.82, 2.24) is 9.21 Å². The molecular formula is C19H18Cl2F2N2O5S. The van der Waals surface area contributed by atoms with Crippen molar-refractivity contribution in [3.63, 3.8) is 0 Å². The average Bonchev–Trinajstić information content (AvgIpc) is 2.75. The number of hydrogen-bond donors (Lipinski definition) is 0. The van der Waals surface area contributed by atoms with E-state index in [1.807, 2.05) is 0 Å². The average molecular weight is 495 g/mol. The number of benzene rings is 2. The summed E-state index contributed by atoms with van der Waals surface area (Å²) in [4.78, 5) is 14.3. The molecule has 1 heterocycles. The summed E-state index contributed by atoms with van der Waals surface area (Å²) in [5.41, 5.74) is -0.0968. The van der Waals surface area contributed by atoms with E-state index in [2.05, 4.69) is 4.74 Å². The van der Waals surface area contributed by atoms with Crippen LogP contribution in [-0.4, -0.2) is 63.4 Å². The van der Waals surface area contributed by atoms with E-state index in [0.29, 0.717) is 0 Å². The van der Waals surface area contributed by atoms with Crippen LogP contribution in [0.1, 0.15) is 10.4 Å². The smallest absolute Gasteiger partial charge is 0.387 e. The lowest BCUT2D eigenvalue weighted by Gasteiger charge is -2.34. The molecule has 2 aromatic carbocycles. The highest BCUT2D eigenvalue weighted by molar-refractivity contribution is 7.89. The minimum absolute atomic E-state index is 0.00743. The molecule has 0 radical (unpaired) electrons. The first-order chi connectivity index (χ1) is 14.6. The molecule has 0 unspecified atom stereocenters. The van der Waals surface area contributed by atoms with Crippen LogP contribution in [0.5, 0.6) is 11.5 Å². The minimum Gasteiger partial charge on any atom is -0.493 e. The summed E-state index contributed by atoms with van der Waals surface area (Å²) in [7, 11) is -2.57. The van der Waals surface area contributed by atoms with E-state index in [-0.39, 0.29) is 58.2 Å². The van der Waals surface area contributed by atoms with Gasteiger partial charge in [-0.2, -0.15) is 13.1 Å². The van der Waals surface area contributed by atoms with E-state index in [0.717, 1.165) is 0 Å². The van der Waals surface area contributed by atoms with Gasteiger partial charge in [0.15, 0.2) is 11.5 Å². The molecule has 7 nitrogen and oxygen atoms in total. The number of halogens is 4. The first-order valence-electron chi connectivity index (χ1n) is 9.01. The van der Waals surface area contributed by atoms with Crippen molar-refractivity contribution in [2.24, 2.45) is 0 Å². The number of alkyl halides is 2. The van der Waals surface area contributed by atoms with Gasteiger partial charge in [-0.05, 0) is 30.3 Å². The molecule has 1 aliphatic heterocycles. The van der Waals surface area contributed by atoms with Crippen molar-refractivity contribution < 1.29 is 31.5 Å². The number of methoxy groups -OCH3 is 1. The summed E-state index contributed by atoms with van der Waals surface area (Å²) < 4.78 is 62.1. The molecule has 0 bridgehead atoms. The zero-order valence-corrected chi connectivity index (χ0v) is 18.6. The number of rotatable bonds is 6. The van der Waals surface area contributed by atoms with Crippen LogP contribution >= 0.6 is 23.2 Å². The number of sulfonamides is 1. The van der Waals surface area contributed by atoms with Crippen LogP contribution in [0.4, 0.5) is 8.78 Å². The summed E-state index contributed by atoms with van der Waals surface area (Å²) in [5.74, 6) is -0.941. The molecule has 1 aliphatic rings. The Morgan fingerprint density at radius 2 is 1.74 bits per heavy atom. The van der Waals surface area contributed by atoms with E-state index in [9.17, 15) is 22.0 Å². The van der Waals surface area contributed by atoms with Gasteiger partial charge in [-0.15, -0.1) is 0 Å². The van der Waals surface area contributed by atoms with Crippen molar-refractivity contribution in [2.45, 2.75) is 11.5 Å². The fourth-order valence-corrected chi connectivity index (χ4v) is 4.96. The fourth-order valence-electron chi connectivity index (χ4n) is 3.14. The monoisotopic (exact) mass is 494 g/mol. The molecule has 1 fully saturated rings. The third-order valence-electron chi connectivity index (χ3n) is 4.69. The lowest BCUT2D eigenvalue weighted by molar-refractivity contribution is -0.0516. The van der Waals surface area contributed by atoms with Crippen molar-refractivity contribution in [2.75, 3.05) is 33.3 Å². The lowest BCUT2D eigenvalue weighted by Crippen LogP contribution is -2.50. The predicted octanol–water partition coefficient (Wildman–Crippen LogP) is 3.75. The third kappa shape index (κ3) is 5.03. The maximum absolute atomic E-state index is 12.9. The predicted molar refractivity (Wildman–Crippen MR) is 111 cm³/mol. The van der Waals surface area contributed by atoms with E-state index >= 15 is 0 Å². The van der Waals surface area contributed by atoms with E-state index in [1.165, 1.54) is 52.7 Å². The maximum Gasteiger partial charge on any atom is 0.387 e. The zero-order chi connectivity index (χ0) is 22.8. The van der Waals surface area contributed by atoms with Gasteiger partial charge in [0.1, 0.15) is 0 Å². The van der Waals surface area contributed by atoms with Gasteiger partial charge in [0.2, 0.25) is 10.0 Å². The fraction of sp³-hybridized carbons (Fsp3) is 0.316. The Hall–Kier alpha value is -2.14. The Kier molecular flexibility index (Phi) is 7.25. The molecule has 12 heteroatoms. The highest BCUT2D eigenvalue weighted by atomic mass is 35.5. The van der Waals surface area contributed by atoms with Crippen molar-refractivity contribution in [3.05, 3.63) is 52.0 Å². The molecule has 2 aromatic rings. The first-order valence-corrected chi connectivity index (χ1v) is 11.2. The summed E-state index contributed by atoms with van der Waals surface area (Å²) in [6.45, 7) is -2.99. The largest absolute Gasteiger partial charge is 0.493 e. The van der Waals surface area contributed by atoms with Crippen LogP contribution in [0, 0.1) is 0 Å². The summed E-state index contributed by atoms with van der Waals surface area (Å²) in [6.07, 6.45) is 0. The van der Waals surface area contributed by atoms with Crippen LogP contribution in [0.25, 0.3) is 0 Å². The normalized spacial score (nSPS) is 15.2. The molecule has 0 aromatic heterocycles. The van der Waals surface area contributed by atoms with Crippen molar-refractivity contribution in [3.8, 4) is 11.5 Å². The summed E-state index contributed by atoms with van der Waals surface area (Å²) >= 11 is 11.8. The quantitative estimate of drug-likeness (QED) is 0.611. The van der Waals surface area contributed by atoms with Gasteiger partial charge in [0.05, 0.1) is 27.6 Å². The molecule has 3 rings (SSSR count). The molecule has 0 saturated carbocycles. The Balaban J connectivity index is 1.77. The van der Waals surface area contributed by atoms with Crippen LogP contribution in [0.15, 0.2) is 41.3 Å². The molecular weight excluding hydrogens is 477 g/mol. The van der Waals surface area contributed by atoms with Gasteiger partial charge < -0.3 is 14.4 Å². The molecule has 0 aliphatic carbocycles. The second kappa shape index (κ2) is 9.56. The Morgan fingerprint density at radius 3 is 2.32 bits per heavy atom. The van der Waals surface area contributed by atoms with Crippen LogP contribution in [-0.2, 0) is 10.0 Å². The van der Waals surface area contributed by atoms with E-state index in [1.54, 1.807) is 0 Å². The standard InChI is InChI=1S/C19H18Cl2F2N2O5S/c1-29-16-4-2-3-13(17(16)30-19(22)23)18(26)24-7-9-25(10-8-24)31(27,28)12-5-6-14(20)15(21)11-12/h2-6,11,19H,7-10H2,1H3. The number of para-hydroxylation sites is 1. The number of piperazine rings is 1.